The van der Waals surface area contributed by atoms with Crippen LogP contribution in [0, 0.1) is 13.8 Å². The topological polar surface area (TPSA) is 56.1 Å². The molecule has 1 heterocycles. The zero-order chi connectivity index (χ0) is 23.9. The molecular formula is C29H33N3O2. The molecule has 3 aromatic carbocycles. The monoisotopic (exact) mass is 455 g/mol. The number of benzene rings is 3. The molecule has 1 amide bonds. The highest BCUT2D eigenvalue weighted by molar-refractivity contribution is 5.79. The molecule has 34 heavy (non-hydrogen) atoms. The molecule has 0 radical (unpaired) electrons. The molecule has 1 atom stereocenters. The molecule has 4 rings (SSSR count). The number of hydrogen-bond donors (Lipinski definition) is 1. The molecule has 0 aliphatic rings. The Kier molecular flexibility index (Phi) is 7.63. The third kappa shape index (κ3) is 5.66. The number of aromatic nitrogens is 2. The highest BCUT2D eigenvalue weighted by atomic mass is 16.5. The molecule has 176 valence electrons. The number of fused-ring (bicyclic) bond motifs is 1. The van der Waals surface area contributed by atoms with Crippen LogP contribution in [0.4, 0.5) is 0 Å². The molecule has 1 aromatic heterocycles. The zero-order valence-corrected chi connectivity index (χ0v) is 20.3. The fourth-order valence-corrected chi connectivity index (χ4v) is 4.23. The summed E-state index contributed by atoms with van der Waals surface area (Å²) in [5.74, 6) is 1.85. The van der Waals surface area contributed by atoms with Crippen molar-refractivity contribution in [2.24, 2.45) is 0 Å². The maximum atomic E-state index is 12.6. The van der Waals surface area contributed by atoms with Crippen molar-refractivity contribution in [1.82, 2.24) is 14.9 Å². The van der Waals surface area contributed by atoms with E-state index in [1.807, 2.05) is 67.6 Å². The van der Waals surface area contributed by atoms with E-state index in [1.165, 1.54) is 11.1 Å². The average Bonchev–Trinajstić information content (AvgIpc) is 3.21. The summed E-state index contributed by atoms with van der Waals surface area (Å²) in [6, 6.07) is 24.0. The van der Waals surface area contributed by atoms with E-state index in [0.29, 0.717) is 13.0 Å². The van der Waals surface area contributed by atoms with Gasteiger partial charge in [-0.2, -0.15) is 0 Å². The minimum Gasteiger partial charge on any atom is -0.493 e. The third-order valence-electron chi connectivity index (χ3n) is 6.24. The number of carbonyl (C=O) groups excluding carboxylic acids is 1. The molecule has 5 heteroatoms. The van der Waals surface area contributed by atoms with Gasteiger partial charge in [-0.15, -0.1) is 0 Å². The van der Waals surface area contributed by atoms with Crippen LogP contribution < -0.4 is 10.1 Å². The lowest BCUT2D eigenvalue weighted by atomic mass is 10.1. The highest BCUT2D eigenvalue weighted by Crippen LogP contribution is 2.23. The predicted molar refractivity (Wildman–Crippen MR) is 137 cm³/mol. The number of nitrogens with one attached hydrogen (secondary N) is 1. The van der Waals surface area contributed by atoms with Crippen molar-refractivity contribution in [2.45, 2.75) is 52.6 Å². The fraction of sp³-hybridized carbons (Fsp3) is 0.310. The predicted octanol–water partition coefficient (Wildman–Crippen LogP) is 5.93. The smallest absolute Gasteiger partial charge is 0.224 e. The zero-order valence-electron chi connectivity index (χ0n) is 20.3. The third-order valence-corrected chi connectivity index (χ3v) is 6.24. The lowest BCUT2D eigenvalue weighted by Gasteiger charge is -2.17. The first-order valence-corrected chi connectivity index (χ1v) is 12.0. The second-order valence-electron chi connectivity index (χ2n) is 8.82. The summed E-state index contributed by atoms with van der Waals surface area (Å²) < 4.78 is 8.27. The van der Waals surface area contributed by atoms with Crippen molar-refractivity contribution >= 4 is 16.9 Å². The number of ether oxygens (including phenoxy) is 1. The van der Waals surface area contributed by atoms with Crippen LogP contribution >= 0.6 is 0 Å². The van der Waals surface area contributed by atoms with Crippen molar-refractivity contribution in [3.63, 3.8) is 0 Å². The number of aryl methyl sites for hydroxylation is 2. The summed E-state index contributed by atoms with van der Waals surface area (Å²) in [5, 5.41) is 3.13. The van der Waals surface area contributed by atoms with Gasteiger partial charge in [0.1, 0.15) is 11.6 Å². The summed E-state index contributed by atoms with van der Waals surface area (Å²) in [6.07, 6.45) is 2.26. The quantitative estimate of drug-likeness (QED) is 0.302. The van der Waals surface area contributed by atoms with Crippen molar-refractivity contribution in [3.8, 4) is 5.75 Å². The molecule has 0 fully saturated rings. The second-order valence-corrected chi connectivity index (χ2v) is 8.82. The van der Waals surface area contributed by atoms with E-state index in [2.05, 4.69) is 35.9 Å². The van der Waals surface area contributed by atoms with E-state index < -0.39 is 0 Å². The van der Waals surface area contributed by atoms with Gasteiger partial charge in [0, 0.05) is 6.54 Å². The van der Waals surface area contributed by atoms with Crippen LogP contribution in [0.15, 0.2) is 72.8 Å². The van der Waals surface area contributed by atoms with Gasteiger partial charge in [0.25, 0.3) is 0 Å². The van der Waals surface area contributed by atoms with E-state index in [1.54, 1.807) is 0 Å². The van der Waals surface area contributed by atoms with Gasteiger partial charge in [-0.25, -0.2) is 4.98 Å². The van der Waals surface area contributed by atoms with Gasteiger partial charge in [-0.3, -0.25) is 4.79 Å². The maximum Gasteiger partial charge on any atom is 0.224 e. The Morgan fingerprint density at radius 2 is 1.74 bits per heavy atom. The first-order valence-electron chi connectivity index (χ1n) is 12.0. The first-order chi connectivity index (χ1) is 16.5. The summed E-state index contributed by atoms with van der Waals surface area (Å²) in [7, 11) is 0. The van der Waals surface area contributed by atoms with Gasteiger partial charge in [-0.05, 0) is 68.5 Å². The Bertz CT molecular complexity index is 1250. The van der Waals surface area contributed by atoms with Crippen LogP contribution in [0.5, 0.6) is 5.75 Å². The lowest BCUT2D eigenvalue weighted by molar-refractivity contribution is -0.121. The second kappa shape index (κ2) is 11.0. The van der Waals surface area contributed by atoms with Gasteiger partial charge in [0.15, 0.2) is 0 Å². The van der Waals surface area contributed by atoms with Crippen LogP contribution in [0.3, 0.4) is 0 Å². The highest BCUT2D eigenvalue weighted by Gasteiger charge is 2.18. The normalized spacial score (nSPS) is 12.0. The van der Waals surface area contributed by atoms with E-state index in [4.69, 9.17) is 9.72 Å². The van der Waals surface area contributed by atoms with Gasteiger partial charge < -0.3 is 14.6 Å². The van der Waals surface area contributed by atoms with Crippen molar-refractivity contribution in [3.05, 3.63) is 95.3 Å². The molecule has 0 saturated carbocycles. The SMILES string of the molecule is Cc1cccc(OCCCCn2c(C(C)NC(=O)Cc3ccccc3)nc3ccccc32)c1C. The molecule has 4 aromatic rings. The number of para-hydroxylation sites is 2. The van der Waals surface area contributed by atoms with Gasteiger partial charge in [0.05, 0.1) is 30.1 Å². The Labute approximate surface area is 201 Å². The minimum absolute atomic E-state index is 0.000713. The summed E-state index contributed by atoms with van der Waals surface area (Å²) in [4.78, 5) is 17.5. The molecule has 1 N–H and O–H groups in total. The number of hydrogen-bond acceptors (Lipinski definition) is 3. The Morgan fingerprint density at radius 1 is 0.971 bits per heavy atom. The number of unbranched alkanes of at least 4 members (excludes halogenated alkanes) is 1. The summed E-state index contributed by atoms with van der Waals surface area (Å²) in [5.41, 5.74) is 5.50. The summed E-state index contributed by atoms with van der Waals surface area (Å²) in [6.45, 7) is 7.71. The molecule has 0 aliphatic carbocycles. The number of imidazole rings is 1. The van der Waals surface area contributed by atoms with E-state index in [0.717, 1.165) is 47.6 Å². The molecule has 1 unspecified atom stereocenters. The van der Waals surface area contributed by atoms with Crippen LogP contribution in [0.2, 0.25) is 0 Å². The maximum absolute atomic E-state index is 12.6. The van der Waals surface area contributed by atoms with Crippen molar-refractivity contribution in [1.29, 1.82) is 0 Å². The standard InChI is InChI=1S/C29H33N3O2/c1-21-12-11-17-27(22(21)2)34-19-10-9-18-32-26-16-8-7-15-25(26)31-29(32)23(3)30-28(33)20-24-13-5-4-6-14-24/h4-8,11-17,23H,9-10,18-20H2,1-3H3,(H,30,33). The number of carbonyl (C=O) groups is 1. The van der Waals surface area contributed by atoms with Gasteiger partial charge in [-0.1, -0.05) is 54.6 Å². The fourth-order valence-electron chi connectivity index (χ4n) is 4.23. The molecule has 5 nitrogen and oxygen atoms in total. The lowest BCUT2D eigenvalue weighted by Crippen LogP contribution is -2.30. The van der Waals surface area contributed by atoms with Gasteiger partial charge in [0.2, 0.25) is 5.91 Å². The first kappa shape index (κ1) is 23.6. The molecule has 0 saturated heterocycles. The Hall–Kier alpha value is -3.60. The molecule has 0 bridgehead atoms. The van der Waals surface area contributed by atoms with Crippen molar-refractivity contribution < 1.29 is 9.53 Å². The molecular weight excluding hydrogens is 422 g/mol. The van der Waals surface area contributed by atoms with E-state index in [9.17, 15) is 4.79 Å². The molecule has 0 aliphatic heterocycles. The molecule has 0 spiro atoms. The minimum atomic E-state index is -0.185. The van der Waals surface area contributed by atoms with Crippen LogP contribution in [-0.2, 0) is 17.8 Å². The van der Waals surface area contributed by atoms with Crippen LogP contribution in [0.25, 0.3) is 11.0 Å². The largest absolute Gasteiger partial charge is 0.493 e. The van der Waals surface area contributed by atoms with Crippen LogP contribution in [-0.4, -0.2) is 22.1 Å². The number of amides is 1. The average molecular weight is 456 g/mol. The van der Waals surface area contributed by atoms with Crippen LogP contribution in [0.1, 0.15) is 48.3 Å². The number of rotatable bonds is 10. The van der Waals surface area contributed by atoms with E-state index in [-0.39, 0.29) is 11.9 Å². The van der Waals surface area contributed by atoms with Crippen molar-refractivity contribution in [2.75, 3.05) is 6.61 Å². The van der Waals surface area contributed by atoms with E-state index >= 15 is 0 Å². The van der Waals surface area contributed by atoms with Gasteiger partial charge >= 0.3 is 0 Å². The number of nitrogens with zero attached hydrogens (tertiary/aromatic N) is 2. The Balaban J connectivity index is 1.39. The Morgan fingerprint density at radius 3 is 2.56 bits per heavy atom. The summed E-state index contributed by atoms with van der Waals surface area (Å²) >= 11 is 0.